The fraction of sp³-hybridized carbons (Fsp3) is 0.250. The molecule has 160 valence electrons. The molecule has 0 radical (unpaired) electrons. The van der Waals surface area contributed by atoms with E-state index in [1.54, 1.807) is 0 Å². The van der Waals surface area contributed by atoms with Crippen LogP contribution in [0, 0.1) is 0 Å². The first-order valence-electron chi connectivity index (χ1n) is 8.88. The minimum absolute atomic E-state index is 0.00806. The molecule has 0 aliphatic rings. The number of rotatable bonds is 6. The molecule has 30 heavy (non-hydrogen) atoms. The van der Waals surface area contributed by atoms with E-state index in [0.717, 1.165) is 18.6 Å². The number of amides is 2. The summed E-state index contributed by atoms with van der Waals surface area (Å²) in [7, 11) is 0. The Kier molecular flexibility index (Phi) is 7.82. The van der Waals surface area contributed by atoms with Crippen molar-refractivity contribution in [3.05, 3.63) is 58.6 Å². The monoisotopic (exact) mass is 442 g/mol. The first-order chi connectivity index (χ1) is 14.1. The summed E-state index contributed by atoms with van der Waals surface area (Å²) in [5.74, 6) is -3.30. The number of halogens is 4. The molecule has 0 saturated heterocycles. The lowest BCUT2D eigenvalue weighted by molar-refractivity contribution is -0.137. The van der Waals surface area contributed by atoms with Gasteiger partial charge in [-0.05, 0) is 36.8 Å². The van der Waals surface area contributed by atoms with E-state index in [9.17, 15) is 27.6 Å². The first kappa shape index (κ1) is 23.2. The van der Waals surface area contributed by atoms with Crippen LogP contribution in [0.25, 0.3) is 0 Å². The van der Waals surface area contributed by atoms with Crippen molar-refractivity contribution >= 4 is 40.8 Å². The van der Waals surface area contributed by atoms with Crippen LogP contribution in [0.4, 0.5) is 24.5 Å². The molecular weight excluding hydrogens is 425 g/mol. The summed E-state index contributed by atoms with van der Waals surface area (Å²) in [6.07, 6.45) is -3.32. The minimum Gasteiger partial charge on any atom is -0.462 e. The molecule has 0 unspecified atom stereocenters. The predicted molar refractivity (Wildman–Crippen MR) is 105 cm³/mol. The Balaban J connectivity index is 2.15. The van der Waals surface area contributed by atoms with Crippen LogP contribution in [0.15, 0.2) is 42.5 Å². The van der Waals surface area contributed by atoms with Gasteiger partial charge in [0, 0.05) is 5.02 Å². The zero-order chi connectivity index (χ0) is 22.3. The fourth-order valence-electron chi connectivity index (χ4n) is 2.38. The average molecular weight is 443 g/mol. The molecule has 0 bridgehead atoms. The van der Waals surface area contributed by atoms with Gasteiger partial charge in [-0.1, -0.05) is 37.1 Å². The van der Waals surface area contributed by atoms with Gasteiger partial charge in [-0.2, -0.15) is 13.2 Å². The van der Waals surface area contributed by atoms with Gasteiger partial charge in [-0.25, -0.2) is 4.79 Å². The summed E-state index contributed by atoms with van der Waals surface area (Å²) >= 11 is 5.59. The largest absolute Gasteiger partial charge is 0.462 e. The van der Waals surface area contributed by atoms with Crippen molar-refractivity contribution in [2.45, 2.75) is 25.9 Å². The van der Waals surface area contributed by atoms with Crippen molar-refractivity contribution in [1.82, 2.24) is 0 Å². The van der Waals surface area contributed by atoms with Crippen LogP contribution < -0.4 is 10.6 Å². The van der Waals surface area contributed by atoms with Gasteiger partial charge in [0.15, 0.2) is 0 Å². The Morgan fingerprint density at radius 3 is 2.27 bits per heavy atom. The number of para-hydroxylation sites is 1. The molecule has 2 aromatic rings. The van der Waals surface area contributed by atoms with E-state index in [4.69, 9.17) is 16.3 Å². The fourth-order valence-corrected chi connectivity index (χ4v) is 2.55. The Hall–Kier alpha value is -3.07. The molecule has 0 aliphatic heterocycles. The van der Waals surface area contributed by atoms with Crippen molar-refractivity contribution in [1.29, 1.82) is 0 Å². The summed E-state index contributed by atoms with van der Waals surface area (Å²) < 4.78 is 44.5. The van der Waals surface area contributed by atoms with Crippen LogP contribution in [-0.2, 0) is 20.5 Å². The predicted octanol–water partition coefficient (Wildman–Crippen LogP) is 4.89. The third kappa shape index (κ3) is 6.21. The van der Waals surface area contributed by atoms with Crippen molar-refractivity contribution in [3.8, 4) is 0 Å². The summed E-state index contributed by atoms with van der Waals surface area (Å²) in [4.78, 5) is 36.5. The molecule has 6 nitrogen and oxygen atoms in total. The van der Waals surface area contributed by atoms with E-state index in [1.165, 1.54) is 24.3 Å². The van der Waals surface area contributed by atoms with Crippen molar-refractivity contribution in [3.63, 3.8) is 0 Å². The average Bonchev–Trinajstić information content (AvgIpc) is 2.69. The molecule has 0 saturated carbocycles. The molecule has 2 rings (SSSR count). The number of esters is 1. The number of benzene rings is 2. The zero-order valence-corrected chi connectivity index (χ0v) is 16.6. The summed E-state index contributed by atoms with van der Waals surface area (Å²) in [5, 5.41) is 3.94. The molecule has 10 heteroatoms. The highest BCUT2D eigenvalue weighted by Gasteiger charge is 2.34. The SMILES string of the molecule is CCCCOC(=O)c1ccccc1NC(=O)C(=O)Nc1ccc(Cl)cc1C(F)(F)F. The maximum absolute atomic E-state index is 13.1. The maximum atomic E-state index is 13.1. The van der Waals surface area contributed by atoms with Crippen LogP contribution in [0.3, 0.4) is 0 Å². The molecular formula is C20H18ClF3N2O4. The normalized spacial score (nSPS) is 11.0. The molecule has 0 aromatic heterocycles. The van der Waals surface area contributed by atoms with Gasteiger partial charge in [0.2, 0.25) is 0 Å². The van der Waals surface area contributed by atoms with E-state index in [2.05, 4.69) is 5.32 Å². The number of ether oxygens (including phenoxy) is 1. The van der Waals surface area contributed by atoms with E-state index in [-0.39, 0.29) is 22.9 Å². The van der Waals surface area contributed by atoms with E-state index in [1.807, 2.05) is 12.2 Å². The summed E-state index contributed by atoms with van der Waals surface area (Å²) in [6, 6.07) is 8.53. The smallest absolute Gasteiger partial charge is 0.418 e. The quantitative estimate of drug-likeness (QED) is 0.379. The number of unbranched alkanes of at least 4 members (excludes halogenated alkanes) is 1. The molecule has 2 amide bonds. The number of nitrogens with one attached hydrogen (secondary N) is 2. The second-order valence-electron chi connectivity index (χ2n) is 6.13. The van der Waals surface area contributed by atoms with Crippen molar-refractivity contribution < 1.29 is 32.3 Å². The molecule has 0 fully saturated rings. The number of carbonyl (C=O) groups is 3. The second-order valence-corrected chi connectivity index (χ2v) is 6.57. The molecule has 2 aromatic carbocycles. The lowest BCUT2D eigenvalue weighted by Crippen LogP contribution is -2.30. The van der Waals surface area contributed by atoms with Crippen LogP contribution in [0.1, 0.15) is 35.7 Å². The minimum atomic E-state index is -4.79. The number of alkyl halides is 3. The Bertz CT molecular complexity index is 948. The van der Waals surface area contributed by atoms with Crippen LogP contribution in [0.5, 0.6) is 0 Å². The highest BCUT2D eigenvalue weighted by Crippen LogP contribution is 2.36. The van der Waals surface area contributed by atoms with Gasteiger partial charge in [0.25, 0.3) is 0 Å². The van der Waals surface area contributed by atoms with Gasteiger partial charge in [0.05, 0.1) is 29.1 Å². The Morgan fingerprint density at radius 2 is 1.63 bits per heavy atom. The van der Waals surface area contributed by atoms with Crippen molar-refractivity contribution in [2.24, 2.45) is 0 Å². The highest BCUT2D eigenvalue weighted by atomic mass is 35.5. The standard InChI is InChI=1S/C20H18ClF3N2O4/c1-2-3-10-30-19(29)13-6-4-5-7-15(13)25-17(27)18(28)26-16-9-8-12(21)11-14(16)20(22,23)24/h4-9,11H,2-3,10H2,1H3,(H,25,27)(H,26,28). The second kappa shape index (κ2) is 10.1. The summed E-state index contributed by atoms with van der Waals surface area (Å²) in [6.45, 7) is 2.11. The lowest BCUT2D eigenvalue weighted by Gasteiger charge is -2.14. The molecule has 0 heterocycles. The third-order valence-electron chi connectivity index (χ3n) is 3.87. The van der Waals surface area contributed by atoms with E-state index >= 15 is 0 Å². The van der Waals surface area contributed by atoms with Gasteiger partial charge in [0.1, 0.15) is 0 Å². The topological polar surface area (TPSA) is 84.5 Å². The van der Waals surface area contributed by atoms with Gasteiger partial charge < -0.3 is 15.4 Å². The molecule has 0 aliphatic carbocycles. The number of hydrogen-bond acceptors (Lipinski definition) is 4. The van der Waals surface area contributed by atoms with Gasteiger partial charge in [-0.3, -0.25) is 9.59 Å². The maximum Gasteiger partial charge on any atom is 0.418 e. The van der Waals surface area contributed by atoms with Gasteiger partial charge in [-0.15, -0.1) is 0 Å². The van der Waals surface area contributed by atoms with E-state index in [0.29, 0.717) is 12.5 Å². The number of carbonyl (C=O) groups excluding carboxylic acids is 3. The lowest BCUT2D eigenvalue weighted by atomic mass is 10.1. The Labute approximate surface area is 175 Å². The van der Waals surface area contributed by atoms with Crippen molar-refractivity contribution in [2.75, 3.05) is 17.2 Å². The summed E-state index contributed by atoms with van der Waals surface area (Å²) in [5.41, 5.74) is -1.82. The van der Waals surface area contributed by atoms with E-state index < -0.39 is 35.2 Å². The van der Waals surface area contributed by atoms with Gasteiger partial charge >= 0.3 is 24.0 Å². The number of anilines is 2. The third-order valence-corrected chi connectivity index (χ3v) is 4.10. The number of hydrogen-bond donors (Lipinski definition) is 2. The molecule has 0 atom stereocenters. The zero-order valence-electron chi connectivity index (χ0n) is 15.8. The molecule has 0 spiro atoms. The first-order valence-corrected chi connectivity index (χ1v) is 9.26. The highest BCUT2D eigenvalue weighted by molar-refractivity contribution is 6.44. The Morgan fingerprint density at radius 1 is 1.00 bits per heavy atom. The van der Waals surface area contributed by atoms with Crippen LogP contribution in [0.2, 0.25) is 5.02 Å². The van der Waals surface area contributed by atoms with Crippen LogP contribution >= 0.6 is 11.6 Å². The molecule has 2 N–H and O–H groups in total. The van der Waals surface area contributed by atoms with Crippen LogP contribution in [-0.4, -0.2) is 24.4 Å².